The number of pyridine rings is 2. The van der Waals surface area contributed by atoms with Gasteiger partial charge in [-0.1, -0.05) is 85.7 Å². The van der Waals surface area contributed by atoms with Crippen LogP contribution in [-0.2, 0) is 31.9 Å². The summed E-state index contributed by atoms with van der Waals surface area (Å²) in [6, 6.07) is 28.4. The molecule has 4 nitrogen and oxygen atoms in total. The van der Waals surface area contributed by atoms with Crippen molar-refractivity contribution in [3.8, 4) is 33.8 Å². The quantitative estimate of drug-likeness (QED) is 0.105. The van der Waals surface area contributed by atoms with Gasteiger partial charge in [-0.15, -0.1) is 35.9 Å². The third-order valence-electron chi connectivity index (χ3n) is 7.42. The van der Waals surface area contributed by atoms with Crippen LogP contribution in [0.2, 0.25) is 0 Å². The molecule has 2 aromatic carbocycles. The first-order chi connectivity index (χ1) is 23.0. The van der Waals surface area contributed by atoms with Gasteiger partial charge in [-0.25, -0.2) is 0 Å². The van der Waals surface area contributed by atoms with Gasteiger partial charge in [0.05, 0.1) is 11.4 Å². The Labute approximate surface area is 313 Å². The van der Waals surface area contributed by atoms with Gasteiger partial charge in [0, 0.05) is 6.20 Å². The van der Waals surface area contributed by atoms with Crippen LogP contribution in [0.1, 0.15) is 79.4 Å². The fraction of sp³-hybridized carbons (Fsp3) is 0.359. The van der Waals surface area contributed by atoms with Crippen LogP contribution in [0.5, 0.6) is 0 Å². The van der Waals surface area contributed by atoms with Gasteiger partial charge in [-0.05, 0) is 95.3 Å². The van der Waals surface area contributed by atoms with Gasteiger partial charge in [-0.3, -0.25) is 9.97 Å². The van der Waals surface area contributed by atoms with E-state index in [0.717, 1.165) is 35.7 Å². The summed E-state index contributed by atoms with van der Waals surface area (Å²) in [5.41, 5.74) is 8.79. The molecular formula is C39H48F6N4PPt+. The average molecular weight is 913 g/mol. The molecule has 2 aromatic heterocycles. The second kappa shape index (κ2) is 16.6. The van der Waals surface area contributed by atoms with Crippen LogP contribution in [0.25, 0.3) is 33.8 Å². The summed E-state index contributed by atoms with van der Waals surface area (Å²) in [4.78, 5) is 14.0. The largest absolute Gasteiger partial charge is 4.00 e. The van der Waals surface area contributed by atoms with E-state index in [0.29, 0.717) is 0 Å². The number of rotatable bonds is 7. The van der Waals surface area contributed by atoms with Crippen molar-refractivity contribution >= 4 is 7.81 Å². The molecule has 12 heteroatoms. The number of benzene rings is 2. The fourth-order valence-corrected chi connectivity index (χ4v) is 5.34. The standard InChI is InChI=1S/C30H31N2.C9H17N2.F6P.Pt/c1-29(2,3)23-15-12-16-24(30(4,5)6)28(23)22-19-26(21-13-8-7-9-14-21)32-27(20-22)25-17-10-11-18-31-25;1-3-5-10-7-8-11(9-10)6-4-2;1-7(2,3,4,5)6;/h7-13,15-20H,1-6H3;7-9H,3-6H2,1-2H3;;/q3*-1;+4. The van der Waals surface area contributed by atoms with Crippen LogP contribution >= 0.6 is 7.81 Å². The molecule has 0 fully saturated rings. The average Bonchev–Trinajstić information content (AvgIpc) is 3.46. The van der Waals surface area contributed by atoms with Crippen molar-refractivity contribution in [3.63, 3.8) is 0 Å². The van der Waals surface area contributed by atoms with E-state index in [-0.39, 0.29) is 31.9 Å². The first-order valence-corrected chi connectivity index (χ1v) is 18.6. The SMILES string of the molecule is CC(C)(C)c1cccc(C(C)(C)C)c1-c1cc(-c2[c-]cccc2)nc(-c2ccccn2)c1.CCCN1C=CN(CCC)[CH-]1.F[P-](F)(F)(F)(F)F.[Pt+4]. The number of hydrogen-bond donors (Lipinski definition) is 0. The zero-order valence-electron chi connectivity index (χ0n) is 30.4. The summed E-state index contributed by atoms with van der Waals surface area (Å²) < 4.78 is 59.2. The molecule has 5 rings (SSSR count). The molecule has 0 saturated carbocycles. The summed E-state index contributed by atoms with van der Waals surface area (Å²) in [6.45, 7) is 22.5. The van der Waals surface area contributed by atoms with Crippen molar-refractivity contribution in [2.45, 2.75) is 79.1 Å². The molecule has 0 radical (unpaired) electrons. The Hall–Kier alpha value is -3.22. The molecule has 3 heterocycles. The zero-order valence-corrected chi connectivity index (χ0v) is 33.6. The van der Waals surface area contributed by atoms with Crippen molar-refractivity contribution in [1.82, 2.24) is 19.8 Å². The Bertz CT molecular complexity index is 1610. The maximum absolute atomic E-state index is 10.7. The third kappa shape index (κ3) is 15.5. The predicted octanol–water partition coefficient (Wildman–Crippen LogP) is 13.3. The van der Waals surface area contributed by atoms with E-state index in [9.17, 15) is 25.2 Å². The van der Waals surface area contributed by atoms with E-state index < -0.39 is 7.81 Å². The van der Waals surface area contributed by atoms with Crippen LogP contribution in [0.3, 0.4) is 0 Å². The smallest absolute Gasteiger partial charge is 4.00 e. The molecule has 1 aliphatic heterocycles. The summed E-state index contributed by atoms with van der Waals surface area (Å²) >= 11 is 0. The van der Waals surface area contributed by atoms with Gasteiger partial charge in [0.15, 0.2) is 0 Å². The fourth-order valence-electron chi connectivity index (χ4n) is 5.34. The molecule has 51 heavy (non-hydrogen) atoms. The summed E-state index contributed by atoms with van der Waals surface area (Å²) in [7, 11) is -10.7. The van der Waals surface area contributed by atoms with Gasteiger partial charge >= 0.3 is 54.1 Å². The Kier molecular flexibility index (Phi) is 14.3. The van der Waals surface area contributed by atoms with E-state index in [1.165, 1.54) is 35.1 Å². The molecule has 0 unspecified atom stereocenters. The molecule has 1 aliphatic rings. The van der Waals surface area contributed by atoms with E-state index in [2.05, 4.69) is 132 Å². The van der Waals surface area contributed by atoms with Gasteiger partial charge in [0.1, 0.15) is 0 Å². The minimum Gasteiger partial charge on any atom is 4.00 e. The number of nitrogens with zero attached hydrogens (tertiary/aromatic N) is 4. The molecule has 0 bridgehead atoms. The molecule has 0 N–H and O–H groups in total. The first-order valence-electron chi connectivity index (χ1n) is 16.6. The minimum absolute atomic E-state index is 0. The van der Waals surface area contributed by atoms with Crippen LogP contribution < -0.4 is 0 Å². The van der Waals surface area contributed by atoms with Crippen LogP contribution in [0, 0.1) is 12.7 Å². The van der Waals surface area contributed by atoms with Crippen molar-refractivity contribution in [2.24, 2.45) is 0 Å². The number of hydrogen-bond acceptors (Lipinski definition) is 4. The van der Waals surface area contributed by atoms with Gasteiger partial charge in [0.2, 0.25) is 0 Å². The van der Waals surface area contributed by atoms with E-state index in [1.54, 1.807) is 0 Å². The van der Waals surface area contributed by atoms with E-state index >= 15 is 0 Å². The summed E-state index contributed by atoms with van der Waals surface area (Å²) in [5, 5.41) is 0. The van der Waals surface area contributed by atoms with E-state index in [1.807, 2.05) is 42.6 Å². The Morgan fingerprint density at radius 1 is 0.686 bits per heavy atom. The molecule has 0 spiro atoms. The van der Waals surface area contributed by atoms with Crippen LogP contribution in [-0.4, -0.2) is 32.9 Å². The monoisotopic (exact) mass is 912 g/mol. The van der Waals surface area contributed by atoms with Crippen LogP contribution in [0.15, 0.2) is 91.4 Å². The molecule has 0 atom stereocenters. The van der Waals surface area contributed by atoms with Gasteiger partial charge in [0.25, 0.3) is 0 Å². The molecule has 4 aromatic rings. The summed E-state index contributed by atoms with van der Waals surface area (Å²) in [5.74, 6) is 0. The van der Waals surface area contributed by atoms with Crippen molar-refractivity contribution in [3.05, 3.63) is 115 Å². The second-order valence-corrected chi connectivity index (χ2v) is 16.1. The molecular weight excluding hydrogens is 864 g/mol. The number of halogens is 6. The van der Waals surface area contributed by atoms with Crippen molar-refractivity contribution in [1.29, 1.82) is 0 Å². The third-order valence-corrected chi connectivity index (χ3v) is 7.42. The first kappa shape index (κ1) is 43.9. The maximum Gasteiger partial charge on any atom is 4.00 e. The van der Waals surface area contributed by atoms with Gasteiger partial charge < -0.3 is 9.80 Å². The summed E-state index contributed by atoms with van der Waals surface area (Å²) in [6.07, 6.45) is 8.52. The van der Waals surface area contributed by atoms with Crippen molar-refractivity contribution < 1.29 is 46.2 Å². The molecule has 280 valence electrons. The molecule has 0 saturated heterocycles. The Morgan fingerprint density at radius 2 is 1.20 bits per heavy atom. The molecule has 0 amide bonds. The molecule has 0 aliphatic carbocycles. The maximum atomic E-state index is 9.87. The van der Waals surface area contributed by atoms with Crippen molar-refractivity contribution in [2.75, 3.05) is 13.1 Å². The topological polar surface area (TPSA) is 32.3 Å². The second-order valence-electron chi connectivity index (χ2n) is 14.2. The Balaban J connectivity index is 0.000000391. The predicted molar refractivity (Wildman–Crippen MR) is 196 cm³/mol. The van der Waals surface area contributed by atoms with Crippen LogP contribution in [0.4, 0.5) is 25.2 Å². The minimum atomic E-state index is -10.7. The van der Waals surface area contributed by atoms with Gasteiger partial charge in [-0.2, -0.15) is 6.67 Å². The zero-order chi connectivity index (χ0) is 37.4. The normalized spacial score (nSPS) is 14.3. The van der Waals surface area contributed by atoms with E-state index in [4.69, 9.17) is 4.98 Å². The number of aromatic nitrogens is 2. The Morgan fingerprint density at radius 3 is 1.63 bits per heavy atom.